The molecule has 3 unspecified atom stereocenters. The van der Waals surface area contributed by atoms with Crippen LogP contribution in [0.25, 0.3) is 0 Å². The standard InChI is InChI=1S/C17H25Cl/c1-12(2)11-14(4)17(10-9-13(17)3)15-5-7-16(18)8-6-15/h5-8,12-14H,9-11H2,1-4H3. The van der Waals surface area contributed by atoms with Gasteiger partial charge in [0.2, 0.25) is 0 Å². The summed E-state index contributed by atoms with van der Waals surface area (Å²) in [6, 6.07) is 8.58. The molecule has 18 heavy (non-hydrogen) atoms. The number of halogens is 1. The third-order valence-corrected chi connectivity index (χ3v) is 5.21. The summed E-state index contributed by atoms with van der Waals surface area (Å²) in [7, 11) is 0. The summed E-state index contributed by atoms with van der Waals surface area (Å²) in [4.78, 5) is 0. The van der Waals surface area contributed by atoms with Crippen molar-refractivity contribution in [1.29, 1.82) is 0 Å². The molecule has 0 amide bonds. The van der Waals surface area contributed by atoms with Crippen LogP contribution >= 0.6 is 11.6 Å². The van der Waals surface area contributed by atoms with Crippen LogP contribution in [-0.2, 0) is 5.41 Å². The third-order valence-electron chi connectivity index (χ3n) is 4.96. The minimum Gasteiger partial charge on any atom is -0.0843 e. The maximum Gasteiger partial charge on any atom is 0.0406 e. The fourth-order valence-electron chi connectivity index (χ4n) is 3.87. The first-order valence-electron chi connectivity index (χ1n) is 7.23. The average Bonchev–Trinajstić information content (AvgIpc) is 2.29. The Morgan fingerprint density at radius 1 is 1.22 bits per heavy atom. The molecule has 0 nitrogen and oxygen atoms in total. The Bertz CT molecular complexity index is 393. The highest BCUT2D eigenvalue weighted by Crippen LogP contribution is 2.55. The summed E-state index contributed by atoms with van der Waals surface area (Å²) in [5.74, 6) is 2.33. The molecule has 3 atom stereocenters. The quantitative estimate of drug-likeness (QED) is 0.655. The Kier molecular flexibility index (Phi) is 4.06. The molecule has 0 aromatic heterocycles. The van der Waals surface area contributed by atoms with E-state index >= 15 is 0 Å². The predicted octanol–water partition coefficient (Wildman–Crippen LogP) is 5.69. The molecule has 0 bridgehead atoms. The summed E-state index contributed by atoms with van der Waals surface area (Å²) in [6.07, 6.45) is 4.02. The Hall–Kier alpha value is -0.490. The van der Waals surface area contributed by atoms with Crippen molar-refractivity contribution in [3.63, 3.8) is 0 Å². The van der Waals surface area contributed by atoms with E-state index in [1.165, 1.54) is 24.8 Å². The largest absolute Gasteiger partial charge is 0.0843 e. The van der Waals surface area contributed by atoms with Crippen LogP contribution in [0.4, 0.5) is 0 Å². The highest BCUT2D eigenvalue weighted by atomic mass is 35.5. The molecule has 0 aliphatic heterocycles. The molecule has 0 radical (unpaired) electrons. The summed E-state index contributed by atoms with van der Waals surface area (Å²) >= 11 is 6.02. The van der Waals surface area contributed by atoms with Gasteiger partial charge in [-0.3, -0.25) is 0 Å². The van der Waals surface area contributed by atoms with Crippen LogP contribution in [0.1, 0.15) is 52.5 Å². The monoisotopic (exact) mass is 264 g/mol. The number of benzene rings is 1. The first kappa shape index (κ1) is 13.9. The number of hydrogen-bond acceptors (Lipinski definition) is 0. The van der Waals surface area contributed by atoms with E-state index in [9.17, 15) is 0 Å². The second kappa shape index (κ2) is 5.25. The minimum atomic E-state index is 0.398. The smallest absolute Gasteiger partial charge is 0.0406 e. The molecule has 1 fully saturated rings. The maximum absolute atomic E-state index is 6.02. The van der Waals surface area contributed by atoms with Gasteiger partial charge in [-0.1, -0.05) is 51.4 Å². The van der Waals surface area contributed by atoms with Crippen molar-refractivity contribution >= 4 is 11.6 Å². The normalized spacial score (nSPS) is 29.1. The van der Waals surface area contributed by atoms with Crippen LogP contribution in [0.3, 0.4) is 0 Å². The van der Waals surface area contributed by atoms with E-state index in [4.69, 9.17) is 11.6 Å². The summed E-state index contributed by atoms with van der Waals surface area (Å²) in [5.41, 5.74) is 1.90. The zero-order valence-corrected chi connectivity index (χ0v) is 12.8. The van der Waals surface area contributed by atoms with E-state index in [0.29, 0.717) is 5.41 Å². The first-order chi connectivity index (χ1) is 8.46. The van der Waals surface area contributed by atoms with Crippen LogP contribution in [0, 0.1) is 17.8 Å². The van der Waals surface area contributed by atoms with Gasteiger partial charge in [0, 0.05) is 10.4 Å². The molecule has 1 aliphatic carbocycles. The van der Waals surface area contributed by atoms with E-state index in [1.807, 2.05) is 12.1 Å². The molecule has 1 heteroatoms. The van der Waals surface area contributed by atoms with Gasteiger partial charge in [-0.25, -0.2) is 0 Å². The van der Waals surface area contributed by atoms with Gasteiger partial charge in [-0.15, -0.1) is 0 Å². The summed E-state index contributed by atoms with van der Waals surface area (Å²) < 4.78 is 0. The molecule has 2 rings (SSSR count). The van der Waals surface area contributed by atoms with E-state index < -0.39 is 0 Å². The van der Waals surface area contributed by atoms with Gasteiger partial charge in [-0.2, -0.15) is 0 Å². The minimum absolute atomic E-state index is 0.398. The predicted molar refractivity (Wildman–Crippen MR) is 80.1 cm³/mol. The van der Waals surface area contributed by atoms with Gasteiger partial charge in [0.15, 0.2) is 0 Å². The van der Waals surface area contributed by atoms with E-state index in [1.54, 1.807) is 0 Å². The Morgan fingerprint density at radius 2 is 1.83 bits per heavy atom. The van der Waals surface area contributed by atoms with Crippen molar-refractivity contribution in [3.8, 4) is 0 Å². The van der Waals surface area contributed by atoms with Crippen LogP contribution in [0.5, 0.6) is 0 Å². The molecular weight excluding hydrogens is 240 g/mol. The van der Waals surface area contributed by atoms with Crippen LogP contribution < -0.4 is 0 Å². The Morgan fingerprint density at radius 3 is 2.22 bits per heavy atom. The topological polar surface area (TPSA) is 0 Å². The lowest BCUT2D eigenvalue weighted by molar-refractivity contribution is 0.0620. The highest BCUT2D eigenvalue weighted by Gasteiger charge is 2.48. The Labute approximate surface area is 117 Å². The molecule has 100 valence electrons. The number of hydrogen-bond donors (Lipinski definition) is 0. The van der Waals surface area contributed by atoms with Crippen molar-refractivity contribution in [3.05, 3.63) is 34.9 Å². The lowest BCUT2D eigenvalue weighted by Gasteiger charge is -2.53. The van der Waals surface area contributed by atoms with Crippen molar-refractivity contribution < 1.29 is 0 Å². The molecule has 1 aromatic rings. The zero-order chi connectivity index (χ0) is 13.3. The molecule has 1 saturated carbocycles. The second-order valence-corrected chi connectivity index (χ2v) is 6.95. The van der Waals surface area contributed by atoms with Gasteiger partial charge < -0.3 is 0 Å². The molecule has 0 spiro atoms. The molecule has 1 aliphatic rings. The van der Waals surface area contributed by atoms with E-state index in [0.717, 1.165) is 22.8 Å². The fourth-order valence-corrected chi connectivity index (χ4v) is 3.99. The van der Waals surface area contributed by atoms with Gasteiger partial charge in [0.1, 0.15) is 0 Å². The summed E-state index contributed by atoms with van der Waals surface area (Å²) in [6.45, 7) is 9.50. The highest BCUT2D eigenvalue weighted by molar-refractivity contribution is 6.30. The lowest BCUT2D eigenvalue weighted by atomic mass is 9.51. The molecular formula is C17H25Cl. The van der Waals surface area contributed by atoms with Gasteiger partial charge >= 0.3 is 0 Å². The van der Waals surface area contributed by atoms with Crippen molar-refractivity contribution in [2.24, 2.45) is 17.8 Å². The molecule has 0 N–H and O–H groups in total. The van der Waals surface area contributed by atoms with Crippen molar-refractivity contribution in [2.75, 3.05) is 0 Å². The average molecular weight is 265 g/mol. The number of rotatable bonds is 4. The second-order valence-electron chi connectivity index (χ2n) is 6.52. The Balaban J connectivity index is 2.30. The summed E-state index contributed by atoms with van der Waals surface area (Å²) in [5, 5.41) is 0.845. The molecule has 0 heterocycles. The van der Waals surface area contributed by atoms with E-state index in [-0.39, 0.29) is 0 Å². The van der Waals surface area contributed by atoms with Gasteiger partial charge in [0.25, 0.3) is 0 Å². The van der Waals surface area contributed by atoms with E-state index in [2.05, 4.69) is 39.8 Å². The zero-order valence-electron chi connectivity index (χ0n) is 12.0. The fraction of sp³-hybridized carbons (Fsp3) is 0.647. The molecule has 1 aromatic carbocycles. The van der Waals surface area contributed by atoms with Crippen molar-refractivity contribution in [1.82, 2.24) is 0 Å². The maximum atomic E-state index is 6.02. The van der Waals surface area contributed by atoms with Crippen molar-refractivity contribution in [2.45, 2.75) is 52.4 Å². The van der Waals surface area contributed by atoms with Crippen LogP contribution in [-0.4, -0.2) is 0 Å². The van der Waals surface area contributed by atoms with Gasteiger partial charge in [0.05, 0.1) is 0 Å². The van der Waals surface area contributed by atoms with Crippen LogP contribution in [0.15, 0.2) is 24.3 Å². The SMILES string of the molecule is CC(C)CC(C)C1(c2ccc(Cl)cc2)CCC1C. The van der Waals surface area contributed by atoms with Crippen LogP contribution in [0.2, 0.25) is 5.02 Å². The lowest BCUT2D eigenvalue weighted by Crippen LogP contribution is -2.48. The first-order valence-corrected chi connectivity index (χ1v) is 7.60. The third kappa shape index (κ3) is 2.32. The van der Waals surface area contributed by atoms with Gasteiger partial charge in [-0.05, 0) is 54.7 Å². The molecule has 0 saturated heterocycles.